The van der Waals surface area contributed by atoms with Crippen LogP contribution in [0.3, 0.4) is 0 Å². The lowest BCUT2D eigenvalue weighted by atomic mass is 10.1. The maximum atomic E-state index is 12.4. The smallest absolute Gasteiger partial charge is 0.342 e. The summed E-state index contributed by atoms with van der Waals surface area (Å²) < 4.78 is 20.5. The Labute approximate surface area is 123 Å². The molecule has 0 N–H and O–H groups in total. The lowest BCUT2D eigenvalue weighted by Crippen LogP contribution is -2.32. The van der Waals surface area contributed by atoms with Gasteiger partial charge in [0.05, 0.1) is 12.9 Å². The monoisotopic (exact) mass is 296 g/mol. The lowest BCUT2D eigenvalue weighted by molar-refractivity contribution is -0.165. The van der Waals surface area contributed by atoms with Crippen LogP contribution in [0.4, 0.5) is 0 Å². The number of Topliss-reactive ketones (excluding diaryl/α,β-unsaturated/α-hetero) is 1. The highest BCUT2D eigenvalue weighted by molar-refractivity contribution is 6.21. The zero-order chi connectivity index (χ0) is 15.7. The maximum absolute atomic E-state index is 12.4. The third kappa shape index (κ3) is 5.17. The number of ketones is 1. The number of esters is 1. The molecule has 1 aromatic rings. The molecule has 6 heteroatoms. The zero-order valence-corrected chi connectivity index (χ0v) is 12.5. The summed E-state index contributed by atoms with van der Waals surface area (Å²) in [4.78, 5) is 24.4. The van der Waals surface area contributed by atoms with Gasteiger partial charge in [0.2, 0.25) is 12.1 Å². The molecule has 0 bridgehead atoms. The lowest BCUT2D eigenvalue weighted by Gasteiger charge is -2.16. The first-order valence-electron chi connectivity index (χ1n) is 6.83. The molecule has 0 aliphatic heterocycles. The van der Waals surface area contributed by atoms with Gasteiger partial charge in [-0.25, -0.2) is 4.79 Å². The summed E-state index contributed by atoms with van der Waals surface area (Å²) in [5, 5.41) is 0. The first-order valence-corrected chi connectivity index (χ1v) is 6.83. The molecule has 0 aliphatic carbocycles. The Hall–Kier alpha value is -1.92. The molecule has 1 rings (SSSR count). The molecule has 0 spiro atoms. The van der Waals surface area contributed by atoms with Crippen LogP contribution in [0, 0.1) is 0 Å². The Morgan fingerprint density at radius 1 is 1.19 bits per heavy atom. The summed E-state index contributed by atoms with van der Waals surface area (Å²) in [6.45, 7) is 5.87. The number of hydrogen-bond donors (Lipinski definition) is 0. The summed E-state index contributed by atoms with van der Waals surface area (Å²) in [6.07, 6.45) is 1.64. The van der Waals surface area contributed by atoms with Crippen molar-refractivity contribution in [2.45, 2.75) is 27.1 Å². The van der Waals surface area contributed by atoms with Gasteiger partial charge in [-0.3, -0.25) is 4.79 Å². The van der Waals surface area contributed by atoms with Crippen molar-refractivity contribution in [1.82, 2.24) is 0 Å². The van der Waals surface area contributed by atoms with Crippen LogP contribution in [-0.4, -0.2) is 37.9 Å². The van der Waals surface area contributed by atoms with Crippen LogP contribution < -0.4 is 0 Å². The Kier molecular flexibility index (Phi) is 7.42. The van der Waals surface area contributed by atoms with Gasteiger partial charge < -0.3 is 18.6 Å². The van der Waals surface area contributed by atoms with Crippen LogP contribution in [-0.2, 0) is 23.8 Å². The number of furan rings is 1. The highest BCUT2D eigenvalue weighted by Gasteiger charge is 2.29. The second-order valence-electron chi connectivity index (χ2n) is 3.90. The van der Waals surface area contributed by atoms with Crippen molar-refractivity contribution >= 4 is 17.8 Å². The zero-order valence-electron chi connectivity index (χ0n) is 12.5. The van der Waals surface area contributed by atoms with E-state index in [2.05, 4.69) is 0 Å². The minimum absolute atomic E-state index is 0.162. The van der Waals surface area contributed by atoms with E-state index in [0.717, 1.165) is 0 Å². The quantitative estimate of drug-likeness (QED) is 0.229. The molecule has 0 saturated heterocycles. The molecule has 0 radical (unpaired) electrons. The third-order valence-corrected chi connectivity index (χ3v) is 2.44. The van der Waals surface area contributed by atoms with Gasteiger partial charge in [-0.1, -0.05) is 0 Å². The highest BCUT2D eigenvalue weighted by Crippen LogP contribution is 2.14. The SMILES string of the molecule is CCOC(=O)C(=Cc1ccco1)C(=O)C(OCC)OCC. The van der Waals surface area contributed by atoms with Gasteiger partial charge in [0, 0.05) is 13.2 Å². The Balaban J connectivity index is 3.04. The molecule has 21 heavy (non-hydrogen) atoms. The minimum Gasteiger partial charge on any atom is -0.465 e. The molecule has 0 saturated carbocycles. The van der Waals surface area contributed by atoms with Gasteiger partial charge >= 0.3 is 5.97 Å². The van der Waals surface area contributed by atoms with E-state index in [4.69, 9.17) is 18.6 Å². The van der Waals surface area contributed by atoms with Crippen LogP contribution in [0.25, 0.3) is 6.08 Å². The van der Waals surface area contributed by atoms with Crippen molar-refractivity contribution in [3.8, 4) is 0 Å². The fourth-order valence-electron chi connectivity index (χ4n) is 1.58. The van der Waals surface area contributed by atoms with E-state index in [1.807, 2.05) is 0 Å². The minimum atomic E-state index is -1.13. The summed E-state index contributed by atoms with van der Waals surface area (Å²) in [5.74, 6) is -0.949. The summed E-state index contributed by atoms with van der Waals surface area (Å²) in [7, 11) is 0. The van der Waals surface area contributed by atoms with Gasteiger partial charge in [-0.2, -0.15) is 0 Å². The number of ether oxygens (including phenoxy) is 3. The standard InChI is InChI=1S/C15H20O6/c1-4-18-14(17)12(10-11-8-7-9-21-11)13(16)15(19-5-2)20-6-3/h7-10,15H,4-6H2,1-3H3. The Morgan fingerprint density at radius 3 is 2.33 bits per heavy atom. The molecule has 0 unspecified atom stereocenters. The van der Waals surface area contributed by atoms with E-state index in [1.54, 1.807) is 32.9 Å². The first-order chi connectivity index (χ1) is 10.1. The van der Waals surface area contributed by atoms with Crippen molar-refractivity contribution in [1.29, 1.82) is 0 Å². The molecule has 0 amide bonds. The molecule has 0 fully saturated rings. The van der Waals surface area contributed by atoms with Crippen LogP contribution >= 0.6 is 0 Å². The summed E-state index contributed by atoms with van der Waals surface area (Å²) >= 11 is 0. The number of carbonyl (C=O) groups is 2. The first kappa shape index (κ1) is 17.1. The van der Waals surface area contributed by atoms with E-state index in [0.29, 0.717) is 5.76 Å². The van der Waals surface area contributed by atoms with Crippen LogP contribution in [0.15, 0.2) is 28.4 Å². The topological polar surface area (TPSA) is 75.0 Å². The molecule has 1 heterocycles. The van der Waals surface area contributed by atoms with Crippen molar-refractivity contribution in [3.05, 3.63) is 29.7 Å². The largest absolute Gasteiger partial charge is 0.465 e. The van der Waals surface area contributed by atoms with Crippen LogP contribution in [0.2, 0.25) is 0 Å². The second-order valence-corrected chi connectivity index (χ2v) is 3.90. The molecular weight excluding hydrogens is 276 g/mol. The normalized spacial score (nSPS) is 11.7. The predicted octanol–water partition coefficient (Wildman–Crippen LogP) is 2.19. The third-order valence-electron chi connectivity index (χ3n) is 2.44. The predicted molar refractivity (Wildman–Crippen MR) is 75.4 cm³/mol. The number of carbonyl (C=O) groups excluding carboxylic acids is 2. The van der Waals surface area contributed by atoms with Gasteiger partial charge in [-0.15, -0.1) is 0 Å². The molecule has 0 aromatic carbocycles. The average molecular weight is 296 g/mol. The van der Waals surface area contributed by atoms with Crippen molar-refractivity contribution in [2.24, 2.45) is 0 Å². The van der Waals surface area contributed by atoms with Crippen molar-refractivity contribution in [3.63, 3.8) is 0 Å². The van der Waals surface area contributed by atoms with Crippen molar-refractivity contribution < 1.29 is 28.2 Å². The summed E-state index contributed by atoms with van der Waals surface area (Å²) in [6, 6.07) is 3.28. The molecule has 116 valence electrons. The molecule has 0 atom stereocenters. The fourth-order valence-corrected chi connectivity index (χ4v) is 1.58. The van der Waals surface area contributed by atoms with Gasteiger partial charge in [0.25, 0.3) is 0 Å². The number of rotatable bonds is 9. The highest BCUT2D eigenvalue weighted by atomic mass is 16.7. The van der Waals surface area contributed by atoms with E-state index in [1.165, 1.54) is 12.3 Å². The van der Waals surface area contributed by atoms with Gasteiger partial charge in [-0.05, 0) is 39.0 Å². The molecule has 1 aromatic heterocycles. The fraction of sp³-hybridized carbons (Fsp3) is 0.467. The molecule has 0 aliphatic rings. The molecule has 6 nitrogen and oxygen atoms in total. The Morgan fingerprint density at radius 2 is 1.86 bits per heavy atom. The average Bonchev–Trinajstić information content (AvgIpc) is 2.97. The van der Waals surface area contributed by atoms with E-state index >= 15 is 0 Å². The second kappa shape index (κ2) is 9.10. The maximum Gasteiger partial charge on any atom is 0.342 e. The van der Waals surface area contributed by atoms with E-state index < -0.39 is 18.0 Å². The van der Waals surface area contributed by atoms with Crippen molar-refractivity contribution in [2.75, 3.05) is 19.8 Å². The van der Waals surface area contributed by atoms with E-state index in [9.17, 15) is 9.59 Å². The van der Waals surface area contributed by atoms with Gasteiger partial charge in [0.15, 0.2) is 0 Å². The number of hydrogen-bond acceptors (Lipinski definition) is 6. The molecular formula is C15H20O6. The van der Waals surface area contributed by atoms with E-state index in [-0.39, 0.29) is 25.4 Å². The summed E-state index contributed by atoms with van der Waals surface area (Å²) in [5.41, 5.74) is -0.168. The Bertz CT molecular complexity index is 468. The van der Waals surface area contributed by atoms with Gasteiger partial charge in [0.1, 0.15) is 11.3 Å². The van der Waals surface area contributed by atoms with Crippen LogP contribution in [0.5, 0.6) is 0 Å². The van der Waals surface area contributed by atoms with Crippen LogP contribution in [0.1, 0.15) is 26.5 Å².